The van der Waals surface area contributed by atoms with Crippen molar-refractivity contribution in [2.45, 2.75) is 13.2 Å². The van der Waals surface area contributed by atoms with Crippen molar-refractivity contribution in [1.82, 2.24) is 4.98 Å². The Morgan fingerprint density at radius 1 is 1.27 bits per heavy atom. The number of ether oxygens (including phenoxy) is 1. The van der Waals surface area contributed by atoms with Crippen molar-refractivity contribution in [2.75, 3.05) is 0 Å². The Morgan fingerprint density at radius 2 is 2.20 bits per heavy atom. The monoisotopic (exact) mass is 239 g/mol. The van der Waals surface area contributed by atoms with Gasteiger partial charge < -0.3 is 4.74 Å². The van der Waals surface area contributed by atoms with Crippen LogP contribution in [0.1, 0.15) is 10.4 Å². The summed E-state index contributed by atoms with van der Waals surface area (Å²) in [6.45, 7) is 1.13. The molecule has 0 atom stereocenters. The maximum atomic E-state index is 5.90. The van der Waals surface area contributed by atoms with E-state index >= 15 is 0 Å². The third-order valence-corrected chi connectivity index (χ3v) is 3.11. The highest BCUT2D eigenvalue weighted by molar-refractivity contribution is 7.09. The van der Waals surface area contributed by atoms with Gasteiger partial charge in [-0.25, -0.2) is 4.98 Å². The van der Waals surface area contributed by atoms with Gasteiger partial charge in [0.25, 0.3) is 0 Å². The summed E-state index contributed by atoms with van der Waals surface area (Å²) in [6.07, 6.45) is 1.67. The summed E-state index contributed by atoms with van der Waals surface area (Å²) in [7, 11) is 0. The SMILES string of the molecule is Clc1ncccc1COCc1cccs1. The largest absolute Gasteiger partial charge is 0.371 e. The molecule has 2 nitrogen and oxygen atoms in total. The number of nitrogens with zero attached hydrogens (tertiary/aromatic N) is 1. The van der Waals surface area contributed by atoms with Crippen molar-refractivity contribution in [3.8, 4) is 0 Å². The maximum Gasteiger partial charge on any atom is 0.134 e. The molecule has 0 aliphatic carbocycles. The van der Waals surface area contributed by atoms with Gasteiger partial charge in [0, 0.05) is 16.6 Å². The van der Waals surface area contributed by atoms with Crippen molar-refractivity contribution in [3.63, 3.8) is 0 Å². The molecule has 0 unspecified atom stereocenters. The first-order valence-corrected chi connectivity index (χ1v) is 5.81. The van der Waals surface area contributed by atoms with Crippen LogP contribution in [0.3, 0.4) is 0 Å². The van der Waals surface area contributed by atoms with Crippen LogP contribution < -0.4 is 0 Å². The predicted octanol–water partition coefficient (Wildman–Crippen LogP) is 3.51. The minimum Gasteiger partial charge on any atom is -0.371 e. The molecule has 0 N–H and O–H groups in total. The van der Waals surface area contributed by atoms with Crippen LogP contribution in [0.5, 0.6) is 0 Å². The Labute approximate surface area is 97.5 Å². The number of thiophene rings is 1. The summed E-state index contributed by atoms with van der Waals surface area (Å²) in [4.78, 5) is 5.20. The third-order valence-electron chi connectivity index (χ3n) is 1.92. The van der Waals surface area contributed by atoms with Crippen LogP contribution in [0.4, 0.5) is 0 Å². The summed E-state index contributed by atoms with van der Waals surface area (Å²) in [6, 6.07) is 7.84. The molecule has 0 saturated carbocycles. The van der Waals surface area contributed by atoms with E-state index in [0.717, 1.165) is 5.56 Å². The van der Waals surface area contributed by atoms with Crippen molar-refractivity contribution in [1.29, 1.82) is 0 Å². The zero-order valence-electron chi connectivity index (χ0n) is 8.02. The molecule has 0 fully saturated rings. The van der Waals surface area contributed by atoms with Crippen molar-refractivity contribution < 1.29 is 4.74 Å². The van der Waals surface area contributed by atoms with E-state index in [1.807, 2.05) is 23.6 Å². The normalized spacial score (nSPS) is 10.5. The summed E-state index contributed by atoms with van der Waals surface area (Å²) in [5.41, 5.74) is 0.927. The van der Waals surface area contributed by atoms with Gasteiger partial charge in [-0.15, -0.1) is 11.3 Å². The van der Waals surface area contributed by atoms with Gasteiger partial charge in [-0.3, -0.25) is 0 Å². The number of rotatable bonds is 4. The highest BCUT2D eigenvalue weighted by atomic mass is 35.5. The highest BCUT2D eigenvalue weighted by Crippen LogP contribution is 2.15. The molecular formula is C11H10ClNOS. The zero-order valence-corrected chi connectivity index (χ0v) is 9.59. The van der Waals surface area contributed by atoms with Crippen molar-refractivity contribution in [3.05, 3.63) is 51.4 Å². The highest BCUT2D eigenvalue weighted by Gasteiger charge is 2.00. The van der Waals surface area contributed by atoms with Gasteiger partial charge in [0.05, 0.1) is 13.2 Å². The van der Waals surface area contributed by atoms with E-state index in [1.54, 1.807) is 17.5 Å². The van der Waals surface area contributed by atoms with Crippen molar-refractivity contribution >= 4 is 22.9 Å². The van der Waals surface area contributed by atoms with E-state index in [9.17, 15) is 0 Å². The van der Waals surface area contributed by atoms with Crippen LogP contribution in [0.2, 0.25) is 5.15 Å². The minimum atomic E-state index is 0.505. The average molecular weight is 240 g/mol. The Balaban J connectivity index is 1.86. The van der Waals surface area contributed by atoms with Crippen LogP contribution in [-0.2, 0) is 18.0 Å². The predicted molar refractivity (Wildman–Crippen MR) is 62.1 cm³/mol. The molecule has 0 radical (unpaired) electrons. The van der Waals surface area contributed by atoms with Crippen LogP contribution >= 0.6 is 22.9 Å². The molecule has 0 aromatic carbocycles. The van der Waals surface area contributed by atoms with Gasteiger partial charge in [0.2, 0.25) is 0 Å². The van der Waals surface area contributed by atoms with Crippen LogP contribution in [0, 0.1) is 0 Å². The molecule has 0 spiro atoms. The van der Waals surface area contributed by atoms with E-state index < -0.39 is 0 Å². The fraction of sp³-hybridized carbons (Fsp3) is 0.182. The molecule has 0 saturated heterocycles. The third kappa shape index (κ3) is 3.02. The fourth-order valence-electron chi connectivity index (χ4n) is 1.18. The molecule has 0 aliphatic rings. The molecule has 15 heavy (non-hydrogen) atoms. The van der Waals surface area contributed by atoms with Gasteiger partial charge >= 0.3 is 0 Å². The molecule has 2 aromatic heterocycles. The maximum absolute atomic E-state index is 5.90. The lowest BCUT2D eigenvalue weighted by Crippen LogP contribution is -1.94. The number of hydrogen-bond acceptors (Lipinski definition) is 3. The minimum absolute atomic E-state index is 0.505. The van der Waals surface area contributed by atoms with Gasteiger partial charge in [-0.2, -0.15) is 0 Å². The Kier molecular flexibility index (Phi) is 3.72. The molecule has 0 amide bonds. The van der Waals surface area contributed by atoms with E-state index in [4.69, 9.17) is 16.3 Å². The quantitative estimate of drug-likeness (QED) is 0.762. The first-order valence-electron chi connectivity index (χ1n) is 4.56. The lowest BCUT2D eigenvalue weighted by atomic mass is 10.3. The second kappa shape index (κ2) is 5.26. The molecule has 78 valence electrons. The number of halogens is 1. The molecule has 2 aromatic rings. The lowest BCUT2D eigenvalue weighted by Gasteiger charge is -2.03. The second-order valence-electron chi connectivity index (χ2n) is 3.03. The average Bonchev–Trinajstić information content (AvgIpc) is 2.74. The summed E-state index contributed by atoms with van der Waals surface area (Å²) >= 11 is 7.59. The first kappa shape index (κ1) is 10.6. The molecule has 2 rings (SSSR count). The molecule has 4 heteroatoms. The lowest BCUT2D eigenvalue weighted by molar-refractivity contribution is 0.109. The Morgan fingerprint density at radius 3 is 2.93 bits per heavy atom. The van der Waals surface area contributed by atoms with E-state index in [0.29, 0.717) is 18.4 Å². The Hall–Kier alpha value is -0.900. The molecule has 0 bridgehead atoms. The number of aromatic nitrogens is 1. The summed E-state index contributed by atoms with van der Waals surface area (Å²) < 4.78 is 5.53. The summed E-state index contributed by atoms with van der Waals surface area (Å²) in [5, 5.41) is 2.55. The topological polar surface area (TPSA) is 22.1 Å². The number of hydrogen-bond donors (Lipinski definition) is 0. The molecular weight excluding hydrogens is 230 g/mol. The Bertz CT molecular complexity index is 416. The van der Waals surface area contributed by atoms with Crippen LogP contribution in [0.15, 0.2) is 35.8 Å². The van der Waals surface area contributed by atoms with Gasteiger partial charge in [-0.05, 0) is 17.5 Å². The first-order chi connectivity index (χ1) is 7.36. The van der Waals surface area contributed by atoms with Crippen LogP contribution in [-0.4, -0.2) is 4.98 Å². The standard InChI is InChI=1S/C11H10ClNOS/c12-11-9(3-1-5-13-11)7-14-8-10-4-2-6-15-10/h1-6H,7-8H2. The van der Waals surface area contributed by atoms with E-state index in [2.05, 4.69) is 11.1 Å². The smallest absolute Gasteiger partial charge is 0.134 e. The zero-order chi connectivity index (χ0) is 10.5. The number of pyridine rings is 1. The van der Waals surface area contributed by atoms with E-state index in [-0.39, 0.29) is 0 Å². The van der Waals surface area contributed by atoms with Crippen molar-refractivity contribution in [2.24, 2.45) is 0 Å². The summed E-state index contributed by atoms with van der Waals surface area (Å²) in [5.74, 6) is 0. The van der Waals surface area contributed by atoms with Gasteiger partial charge in [-0.1, -0.05) is 23.7 Å². The van der Waals surface area contributed by atoms with Gasteiger partial charge in [0.1, 0.15) is 5.15 Å². The fourth-order valence-corrected chi connectivity index (χ4v) is 2.00. The molecule has 2 heterocycles. The van der Waals surface area contributed by atoms with E-state index in [1.165, 1.54) is 4.88 Å². The second-order valence-corrected chi connectivity index (χ2v) is 4.42. The van der Waals surface area contributed by atoms with Gasteiger partial charge in [0.15, 0.2) is 0 Å². The van der Waals surface area contributed by atoms with Crippen LogP contribution in [0.25, 0.3) is 0 Å². The molecule has 0 aliphatic heterocycles.